The summed E-state index contributed by atoms with van der Waals surface area (Å²) in [5, 5.41) is 3.55. The Labute approximate surface area is 86.1 Å². The molecule has 1 aromatic carbocycles. The Morgan fingerprint density at radius 1 is 1.33 bits per heavy atom. The van der Waals surface area contributed by atoms with Gasteiger partial charge in [0.25, 0.3) is 5.56 Å². The van der Waals surface area contributed by atoms with Gasteiger partial charge >= 0.3 is 0 Å². The van der Waals surface area contributed by atoms with Crippen molar-refractivity contribution in [3.63, 3.8) is 0 Å². The summed E-state index contributed by atoms with van der Waals surface area (Å²) in [6, 6.07) is 11.0. The Bertz CT molecular complexity index is 475. The van der Waals surface area contributed by atoms with Crippen molar-refractivity contribution in [2.45, 2.75) is 6.54 Å². The van der Waals surface area contributed by atoms with E-state index in [1.807, 2.05) is 30.3 Å². The smallest absolute Gasteiger partial charge is 0.282 e. The van der Waals surface area contributed by atoms with E-state index in [0.29, 0.717) is 12.4 Å². The number of nitrogens with zero attached hydrogens (tertiary/aromatic N) is 1. The van der Waals surface area contributed by atoms with Crippen molar-refractivity contribution >= 4 is 5.88 Å². The van der Waals surface area contributed by atoms with Gasteiger partial charge in [0, 0.05) is 0 Å². The number of hydrogen-bond donors (Lipinski definition) is 2. The van der Waals surface area contributed by atoms with Crippen molar-refractivity contribution < 1.29 is 4.52 Å². The van der Waals surface area contributed by atoms with Crippen molar-refractivity contribution in [1.82, 2.24) is 5.16 Å². The highest BCUT2D eigenvalue weighted by atomic mass is 16.5. The third-order valence-electron chi connectivity index (χ3n) is 1.99. The van der Waals surface area contributed by atoms with E-state index in [9.17, 15) is 4.79 Å². The molecule has 0 saturated carbocycles. The van der Waals surface area contributed by atoms with Crippen LogP contribution in [0.4, 0.5) is 5.88 Å². The van der Waals surface area contributed by atoms with Gasteiger partial charge in [-0.15, -0.1) is 0 Å². The summed E-state index contributed by atoms with van der Waals surface area (Å²) >= 11 is 0. The molecule has 0 amide bonds. The van der Waals surface area contributed by atoms with Crippen molar-refractivity contribution in [2.24, 2.45) is 5.84 Å². The zero-order valence-electron chi connectivity index (χ0n) is 8.01. The molecule has 0 spiro atoms. The molecule has 0 bridgehead atoms. The average molecular weight is 205 g/mol. The number of nitrogens with two attached hydrogens (primary N) is 1. The van der Waals surface area contributed by atoms with Gasteiger partial charge in [-0.05, 0) is 5.56 Å². The van der Waals surface area contributed by atoms with Crippen LogP contribution in [0.3, 0.4) is 0 Å². The first-order valence-electron chi connectivity index (χ1n) is 4.50. The maximum absolute atomic E-state index is 10.8. The van der Waals surface area contributed by atoms with E-state index in [1.165, 1.54) is 11.1 Å². The fourth-order valence-electron chi connectivity index (χ4n) is 1.27. The lowest BCUT2D eigenvalue weighted by Gasteiger charge is -2.13. The molecule has 0 saturated heterocycles. The summed E-state index contributed by atoms with van der Waals surface area (Å²) < 4.78 is 4.86. The Hall–Kier alpha value is -2.01. The number of aromatic nitrogens is 1. The van der Waals surface area contributed by atoms with E-state index >= 15 is 0 Å². The minimum Gasteiger partial charge on any atom is -0.359 e. The summed E-state index contributed by atoms with van der Waals surface area (Å²) in [4.78, 5) is 10.8. The highest BCUT2D eigenvalue weighted by molar-refractivity contribution is 5.32. The molecule has 3 N–H and O–H groups in total. The highest BCUT2D eigenvalue weighted by Gasteiger charge is 2.06. The zero-order chi connectivity index (χ0) is 10.7. The molecule has 1 aromatic heterocycles. The molecule has 78 valence electrons. The molecule has 5 heteroatoms. The molecule has 0 unspecified atom stereocenters. The predicted octanol–water partition coefficient (Wildman–Crippen LogP) is 0.848. The van der Waals surface area contributed by atoms with Crippen LogP contribution in [-0.4, -0.2) is 5.16 Å². The number of hydrogen-bond acceptors (Lipinski definition) is 4. The van der Waals surface area contributed by atoms with Gasteiger partial charge in [-0.1, -0.05) is 30.3 Å². The van der Waals surface area contributed by atoms with E-state index < -0.39 is 0 Å². The summed E-state index contributed by atoms with van der Waals surface area (Å²) in [7, 11) is 0. The van der Waals surface area contributed by atoms with Crippen LogP contribution in [0.25, 0.3) is 0 Å². The number of aromatic amines is 1. The number of H-pyrrole nitrogens is 1. The third-order valence-corrected chi connectivity index (χ3v) is 1.99. The molecule has 15 heavy (non-hydrogen) atoms. The largest absolute Gasteiger partial charge is 0.359 e. The fourth-order valence-corrected chi connectivity index (χ4v) is 1.27. The molecule has 2 aromatic rings. The topological polar surface area (TPSA) is 75.3 Å². The van der Waals surface area contributed by atoms with Gasteiger partial charge in [0.05, 0.1) is 12.6 Å². The second kappa shape index (κ2) is 4.02. The number of nitrogens with one attached hydrogen (secondary N) is 1. The summed E-state index contributed by atoms with van der Waals surface area (Å²) in [6.07, 6.45) is 0. The SMILES string of the molecule is NN(Cc1ccccc1)c1cc(=O)[nH]o1. The van der Waals surface area contributed by atoms with Crippen molar-refractivity contribution in [3.05, 3.63) is 52.3 Å². The second-order valence-corrected chi connectivity index (χ2v) is 3.16. The lowest BCUT2D eigenvalue weighted by atomic mass is 10.2. The first-order chi connectivity index (χ1) is 7.25. The van der Waals surface area contributed by atoms with Gasteiger partial charge in [0.2, 0.25) is 5.88 Å². The van der Waals surface area contributed by atoms with Gasteiger partial charge in [-0.2, -0.15) is 5.16 Å². The fraction of sp³-hybridized carbons (Fsp3) is 0.100. The van der Waals surface area contributed by atoms with Crippen molar-refractivity contribution in [3.8, 4) is 0 Å². The molecule has 0 radical (unpaired) electrons. The quantitative estimate of drug-likeness (QED) is 0.575. The average Bonchev–Trinajstić information content (AvgIpc) is 2.66. The lowest BCUT2D eigenvalue weighted by Crippen LogP contribution is -2.29. The molecule has 1 heterocycles. The maximum atomic E-state index is 10.8. The van der Waals surface area contributed by atoms with Crippen LogP contribution in [0.15, 0.2) is 45.7 Å². The van der Waals surface area contributed by atoms with E-state index in [0.717, 1.165) is 5.56 Å². The van der Waals surface area contributed by atoms with Crippen molar-refractivity contribution in [2.75, 3.05) is 5.01 Å². The highest BCUT2D eigenvalue weighted by Crippen LogP contribution is 2.09. The minimum absolute atomic E-state index is 0.298. The Morgan fingerprint density at radius 2 is 2.07 bits per heavy atom. The third kappa shape index (κ3) is 2.26. The van der Waals surface area contributed by atoms with Crippen LogP contribution in [0.1, 0.15) is 5.56 Å². The Morgan fingerprint density at radius 3 is 2.67 bits per heavy atom. The standard InChI is InChI=1S/C10H11N3O2/c11-13(10-6-9(14)12-15-10)7-8-4-2-1-3-5-8/h1-6H,7,11H2,(H,12,14). The van der Waals surface area contributed by atoms with Gasteiger partial charge < -0.3 is 4.52 Å². The van der Waals surface area contributed by atoms with Gasteiger partial charge in [-0.25, -0.2) is 5.84 Å². The Kier molecular flexibility index (Phi) is 2.55. The molecule has 5 nitrogen and oxygen atoms in total. The Balaban J connectivity index is 2.10. The molecule has 2 rings (SSSR count). The van der Waals surface area contributed by atoms with E-state index in [2.05, 4.69) is 5.16 Å². The number of anilines is 1. The van der Waals surface area contributed by atoms with Gasteiger partial charge in [0.15, 0.2) is 0 Å². The van der Waals surface area contributed by atoms with Crippen LogP contribution < -0.4 is 16.4 Å². The minimum atomic E-state index is -0.298. The molecule has 0 aliphatic carbocycles. The molecule has 0 aliphatic rings. The molecule has 0 atom stereocenters. The van der Waals surface area contributed by atoms with Gasteiger partial charge in [-0.3, -0.25) is 9.80 Å². The zero-order valence-corrected chi connectivity index (χ0v) is 8.01. The lowest BCUT2D eigenvalue weighted by molar-refractivity contribution is 0.410. The summed E-state index contributed by atoms with van der Waals surface area (Å²) in [5.41, 5.74) is 0.748. The summed E-state index contributed by atoms with van der Waals surface area (Å²) in [5.74, 6) is 6.04. The molecule has 0 aliphatic heterocycles. The predicted molar refractivity (Wildman–Crippen MR) is 56.1 cm³/mol. The number of rotatable bonds is 3. The second-order valence-electron chi connectivity index (χ2n) is 3.16. The number of hydrazine groups is 1. The van der Waals surface area contributed by atoms with E-state index in [4.69, 9.17) is 10.4 Å². The monoisotopic (exact) mass is 205 g/mol. The summed E-state index contributed by atoms with van der Waals surface area (Å²) in [6.45, 7) is 0.488. The van der Waals surface area contributed by atoms with Crippen LogP contribution in [0.5, 0.6) is 0 Å². The normalized spacial score (nSPS) is 10.2. The number of benzene rings is 1. The first kappa shape index (κ1) is 9.54. The molecule has 0 fully saturated rings. The molecular formula is C10H11N3O2. The van der Waals surface area contributed by atoms with E-state index in [-0.39, 0.29) is 5.56 Å². The molecular weight excluding hydrogens is 194 g/mol. The van der Waals surface area contributed by atoms with Crippen LogP contribution >= 0.6 is 0 Å². The van der Waals surface area contributed by atoms with E-state index in [1.54, 1.807) is 0 Å². The van der Waals surface area contributed by atoms with Crippen LogP contribution in [0.2, 0.25) is 0 Å². The van der Waals surface area contributed by atoms with Crippen LogP contribution in [-0.2, 0) is 6.54 Å². The van der Waals surface area contributed by atoms with Crippen LogP contribution in [0, 0.1) is 0 Å². The van der Waals surface area contributed by atoms with Gasteiger partial charge in [0.1, 0.15) is 0 Å². The van der Waals surface area contributed by atoms with Crippen molar-refractivity contribution in [1.29, 1.82) is 0 Å². The maximum Gasteiger partial charge on any atom is 0.282 e. The first-order valence-corrected chi connectivity index (χ1v) is 4.50.